The summed E-state index contributed by atoms with van der Waals surface area (Å²) in [5, 5.41) is 11.1. The second-order valence-electron chi connectivity index (χ2n) is 6.76. The van der Waals surface area contributed by atoms with E-state index in [2.05, 4.69) is 15.5 Å². The zero-order chi connectivity index (χ0) is 20.6. The SMILES string of the molecule is O=C(COc1cccc(-n2cnnn2)c1)N(Cc1ccccc1)Cc1ccccc1. The van der Waals surface area contributed by atoms with Crippen LogP contribution in [0.15, 0.2) is 91.3 Å². The third kappa shape index (κ3) is 5.08. The number of carbonyl (C=O) groups excluding carboxylic acids is 1. The first-order chi connectivity index (χ1) is 14.8. The summed E-state index contributed by atoms with van der Waals surface area (Å²) in [7, 11) is 0. The minimum absolute atomic E-state index is 0.0568. The van der Waals surface area contributed by atoms with E-state index in [0.29, 0.717) is 18.8 Å². The topological polar surface area (TPSA) is 73.1 Å². The highest BCUT2D eigenvalue weighted by molar-refractivity contribution is 5.77. The van der Waals surface area contributed by atoms with Crippen LogP contribution in [0.5, 0.6) is 5.75 Å². The monoisotopic (exact) mass is 399 g/mol. The van der Waals surface area contributed by atoms with Gasteiger partial charge in [0.05, 0.1) is 5.69 Å². The average Bonchev–Trinajstić information content (AvgIpc) is 3.34. The molecule has 0 saturated carbocycles. The fraction of sp³-hybridized carbons (Fsp3) is 0.130. The normalized spacial score (nSPS) is 10.5. The molecular weight excluding hydrogens is 378 g/mol. The van der Waals surface area contributed by atoms with Crippen molar-refractivity contribution in [2.75, 3.05) is 6.61 Å². The van der Waals surface area contributed by atoms with Gasteiger partial charge in [-0.05, 0) is 33.7 Å². The third-order valence-corrected chi connectivity index (χ3v) is 4.58. The minimum atomic E-state index is -0.0875. The lowest BCUT2D eigenvalue weighted by Crippen LogP contribution is -2.34. The maximum absolute atomic E-state index is 13.0. The number of tetrazole rings is 1. The number of ether oxygens (including phenoxy) is 1. The van der Waals surface area contributed by atoms with Crippen LogP contribution >= 0.6 is 0 Å². The van der Waals surface area contributed by atoms with E-state index in [1.807, 2.05) is 72.8 Å². The molecule has 0 aliphatic heterocycles. The Kier molecular flexibility index (Phi) is 6.10. The summed E-state index contributed by atoms with van der Waals surface area (Å²) in [5.41, 5.74) is 2.90. The molecule has 3 aromatic carbocycles. The van der Waals surface area contributed by atoms with E-state index >= 15 is 0 Å². The number of rotatable bonds is 8. The van der Waals surface area contributed by atoms with Crippen LogP contribution in [0.3, 0.4) is 0 Å². The Hall–Kier alpha value is -4.00. The summed E-state index contributed by atoms with van der Waals surface area (Å²) in [6.07, 6.45) is 1.51. The first kappa shape index (κ1) is 19.3. The van der Waals surface area contributed by atoms with Crippen LogP contribution in [0.25, 0.3) is 5.69 Å². The zero-order valence-corrected chi connectivity index (χ0v) is 16.3. The fourth-order valence-corrected chi connectivity index (χ4v) is 3.07. The average molecular weight is 399 g/mol. The Morgan fingerprint density at radius 2 is 1.53 bits per heavy atom. The lowest BCUT2D eigenvalue weighted by atomic mass is 10.1. The third-order valence-electron chi connectivity index (χ3n) is 4.58. The number of hydrogen-bond donors (Lipinski definition) is 0. The molecule has 0 spiro atoms. The van der Waals surface area contributed by atoms with Gasteiger partial charge in [-0.1, -0.05) is 66.7 Å². The number of carbonyl (C=O) groups is 1. The Bertz CT molecular complexity index is 1030. The molecule has 7 nitrogen and oxygen atoms in total. The lowest BCUT2D eigenvalue weighted by molar-refractivity contribution is -0.134. The second-order valence-corrected chi connectivity index (χ2v) is 6.76. The minimum Gasteiger partial charge on any atom is -0.484 e. The van der Waals surface area contributed by atoms with Crippen LogP contribution in [0.2, 0.25) is 0 Å². The van der Waals surface area contributed by atoms with Gasteiger partial charge in [0.15, 0.2) is 6.61 Å². The molecule has 7 heteroatoms. The fourth-order valence-electron chi connectivity index (χ4n) is 3.07. The van der Waals surface area contributed by atoms with Crippen LogP contribution in [-0.2, 0) is 17.9 Å². The number of benzene rings is 3. The van der Waals surface area contributed by atoms with E-state index in [1.54, 1.807) is 17.0 Å². The van der Waals surface area contributed by atoms with E-state index in [9.17, 15) is 4.79 Å². The Balaban J connectivity index is 1.45. The molecule has 0 fully saturated rings. The smallest absolute Gasteiger partial charge is 0.261 e. The van der Waals surface area contributed by atoms with Crippen molar-refractivity contribution in [3.8, 4) is 11.4 Å². The summed E-state index contributed by atoms with van der Waals surface area (Å²) in [5.74, 6) is 0.492. The number of amides is 1. The largest absolute Gasteiger partial charge is 0.484 e. The highest BCUT2D eigenvalue weighted by Crippen LogP contribution is 2.17. The van der Waals surface area contributed by atoms with Gasteiger partial charge in [0.1, 0.15) is 12.1 Å². The first-order valence-electron chi connectivity index (χ1n) is 9.60. The zero-order valence-electron chi connectivity index (χ0n) is 16.3. The molecule has 0 aliphatic rings. The molecular formula is C23H21N5O2. The van der Waals surface area contributed by atoms with Gasteiger partial charge in [0.25, 0.3) is 5.91 Å². The highest BCUT2D eigenvalue weighted by atomic mass is 16.5. The highest BCUT2D eigenvalue weighted by Gasteiger charge is 2.16. The Morgan fingerprint density at radius 3 is 2.13 bits per heavy atom. The number of aromatic nitrogens is 4. The van der Waals surface area contributed by atoms with E-state index in [1.165, 1.54) is 11.0 Å². The van der Waals surface area contributed by atoms with Crippen molar-refractivity contribution in [1.82, 2.24) is 25.1 Å². The molecule has 4 aromatic rings. The summed E-state index contributed by atoms with van der Waals surface area (Å²) in [4.78, 5) is 14.8. The van der Waals surface area contributed by atoms with Gasteiger partial charge in [-0.15, -0.1) is 5.10 Å². The van der Waals surface area contributed by atoms with Gasteiger partial charge in [-0.25, -0.2) is 4.68 Å². The molecule has 0 bridgehead atoms. The predicted molar refractivity (Wildman–Crippen MR) is 112 cm³/mol. The maximum atomic E-state index is 13.0. The second kappa shape index (κ2) is 9.47. The van der Waals surface area contributed by atoms with Gasteiger partial charge in [0.2, 0.25) is 0 Å². The van der Waals surface area contributed by atoms with E-state index in [-0.39, 0.29) is 12.5 Å². The van der Waals surface area contributed by atoms with Crippen molar-refractivity contribution < 1.29 is 9.53 Å². The molecule has 0 atom stereocenters. The molecule has 0 unspecified atom stereocenters. The van der Waals surface area contributed by atoms with Gasteiger partial charge in [-0.3, -0.25) is 4.79 Å². The van der Waals surface area contributed by atoms with Crippen molar-refractivity contribution in [3.05, 3.63) is 102 Å². The summed E-state index contributed by atoms with van der Waals surface area (Å²) < 4.78 is 7.32. The molecule has 1 heterocycles. The molecule has 4 rings (SSSR count). The van der Waals surface area contributed by atoms with Crippen molar-refractivity contribution in [2.45, 2.75) is 13.1 Å². The number of nitrogens with zero attached hydrogens (tertiary/aromatic N) is 5. The maximum Gasteiger partial charge on any atom is 0.261 e. The lowest BCUT2D eigenvalue weighted by Gasteiger charge is -2.23. The van der Waals surface area contributed by atoms with Crippen LogP contribution in [0, 0.1) is 0 Å². The van der Waals surface area contributed by atoms with Gasteiger partial charge in [-0.2, -0.15) is 0 Å². The Morgan fingerprint density at radius 1 is 0.867 bits per heavy atom. The first-order valence-corrected chi connectivity index (χ1v) is 9.60. The summed E-state index contributed by atoms with van der Waals surface area (Å²) in [6.45, 7) is 0.976. The van der Waals surface area contributed by atoms with Crippen LogP contribution in [-0.4, -0.2) is 37.6 Å². The van der Waals surface area contributed by atoms with Crippen molar-refractivity contribution in [3.63, 3.8) is 0 Å². The van der Waals surface area contributed by atoms with Gasteiger partial charge >= 0.3 is 0 Å². The standard InChI is InChI=1S/C23H21N5O2/c29-23(17-30-22-13-7-12-21(14-22)28-18-24-25-26-28)27(15-19-8-3-1-4-9-19)16-20-10-5-2-6-11-20/h1-14,18H,15-17H2. The molecule has 0 saturated heterocycles. The van der Waals surface area contributed by atoms with Gasteiger partial charge in [0, 0.05) is 19.2 Å². The van der Waals surface area contributed by atoms with Crippen molar-refractivity contribution >= 4 is 5.91 Å². The van der Waals surface area contributed by atoms with E-state index in [0.717, 1.165) is 16.8 Å². The molecule has 150 valence electrons. The van der Waals surface area contributed by atoms with Crippen LogP contribution < -0.4 is 4.74 Å². The quantitative estimate of drug-likeness (QED) is 0.455. The van der Waals surface area contributed by atoms with Crippen LogP contribution in [0.4, 0.5) is 0 Å². The van der Waals surface area contributed by atoms with Gasteiger partial charge < -0.3 is 9.64 Å². The Labute approximate surface area is 174 Å². The predicted octanol–water partition coefficient (Wildman–Crippen LogP) is 3.27. The molecule has 1 aromatic heterocycles. The molecule has 0 aliphatic carbocycles. The molecule has 30 heavy (non-hydrogen) atoms. The van der Waals surface area contributed by atoms with Crippen molar-refractivity contribution in [1.29, 1.82) is 0 Å². The molecule has 1 amide bonds. The van der Waals surface area contributed by atoms with E-state index in [4.69, 9.17) is 4.74 Å². The van der Waals surface area contributed by atoms with E-state index < -0.39 is 0 Å². The van der Waals surface area contributed by atoms with Crippen molar-refractivity contribution in [2.24, 2.45) is 0 Å². The summed E-state index contributed by atoms with van der Waals surface area (Å²) >= 11 is 0. The molecule has 0 radical (unpaired) electrons. The number of hydrogen-bond acceptors (Lipinski definition) is 5. The molecule has 0 N–H and O–H groups in total. The summed E-state index contributed by atoms with van der Waals surface area (Å²) in [6, 6.07) is 27.2. The van der Waals surface area contributed by atoms with Crippen LogP contribution in [0.1, 0.15) is 11.1 Å².